The summed E-state index contributed by atoms with van der Waals surface area (Å²) >= 11 is 0. The van der Waals surface area contributed by atoms with Crippen molar-refractivity contribution in [2.75, 3.05) is 26.9 Å². The number of hydrogen-bond donors (Lipinski definition) is 1. The molecule has 0 saturated heterocycles. The minimum absolute atomic E-state index is 0.0732. The van der Waals surface area contributed by atoms with Gasteiger partial charge in [0.1, 0.15) is 6.61 Å². The molecule has 0 radical (unpaired) electrons. The number of methoxy groups -OCH3 is 1. The lowest BCUT2D eigenvalue weighted by atomic mass is 9.94. The van der Waals surface area contributed by atoms with Gasteiger partial charge in [0.25, 0.3) is 5.69 Å². The molecule has 9 heteroatoms. The number of rotatable bonds is 7. The monoisotopic (exact) mass is 363 g/mol. The summed E-state index contributed by atoms with van der Waals surface area (Å²) in [4.78, 5) is 36.7. The van der Waals surface area contributed by atoms with Crippen molar-refractivity contribution in [3.8, 4) is 0 Å². The zero-order chi connectivity index (χ0) is 19.3. The number of urea groups is 1. The largest absolute Gasteiger partial charge is 0.460 e. The van der Waals surface area contributed by atoms with Crippen LogP contribution in [0.5, 0.6) is 0 Å². The number of carbonyl (C=O) groups is 2. The number of ether oxygens (including phenoxy) is 2. The van der Waals surface area contributed by atoms with Crippen LogP contribution in [0.1, 0.15) is 25.5 Å². The third kappa shape index (κ3) is 3.99. The number of amides is 2. The zero-order valence-electron chi connectivity index (χ0n) is 14.9. The van der Waals surface area contributed by atoms with Gasteiger partial charge in [-0.05, 0) is 31.5 Å². The highest BCUT2D eigenvalue weighted by Gasteiger charge is 2.36. The van der Waals surface area contributed by atoms with Crippen molar-refractivity contribution < 1.29 is 24.0 Å². The Morgan fingerprint density at radius 3 is 2.50 bits per heavy atom. The van der Waals surface area contributed by atoms with Gasteiger partial charge in [-0.3, -0.25) is 15.0 Å². The van der Waals surface area contributed by atoms with E-state index in [1.165, 1.54) is 36.3 Å². The summed E-state index contributed by atoms with van der Waals surface area (Å²) in [5.41, 5.74) is 1.26. The second kappa shape index (κ2) is 8.43. The molecule has 2 amide bonds. The minimum Gasteiger partial charge on any atom is -0.460 e. The number of nitro benzene ring substituents is 1. The maximum absolute atomic E-state index is 12.6. The van der Waals surface area contributed by atoms with Gasteiger partial charge in [0, 0.05) is 31.5 Å². The number of nitrogens with zero attached hydrogens (tertiary/aromatic N) is 2. The van der Waals surface area contributed by atoms with Crippen LogP contribution in [-0.4, -0.2) is 48.7 Å². The summed E-state index contributed by atoms with van der Waals surface area (Å²) in [6, 6.07) is 4.59. The second-order valence-corrected chi connectivity index (χ2v) is 5.60. The Morgan fingerprint density at radius 1 is 1.31 bits per heavy atom. The van der Waals surface area contributed by atoms with Gasteiger partial charge < -0.3 is 14.8 Å². The standard InChI is InChI=1S/C17H21N3O6/c1-4-19-11(2)14(16(21)26-10-9-25-3)15(18-17(19)22)12-5-7-13(8-6-12)20(23)24/h5-8,15H,4,9-10H2,1-3H3,(H,18,22)/t15-/m1/s1. The van der Waals surface area contributed by atoms with Gasteiger partial charge in [0.05, 0.1) is 23.1 Å². The molecule has 1 heterocycles. The number of hydrogen-bond acceptors (Lipinski definition) is 6. The predicted octanol–water partition coefficient (Wildman–Crippen LogP) is 2.14. The third-order valence-corrected chi connectivity index (χ3v) is 4.09. The van der Waals surface area contributed by atoms with Crippen LogP contribution in [0.15, 0.2) is 35.5 Å². The van der Waals surface area contributed by atoms with Crippen molar-refractivity contribution in [3.63, 3.8) is 0 Å². The van der Waals surface area contributed by atoms with Crippen molar-refractivity contribution in [2.24, 2.45) is 0 Å². The lowest BCUT2D eigenvalue weighted by molar-refractivity contribution is -0.384. The molecule has 1 aromatic carbocycles. The minimum atomic E-state index is -0.749. The molecule has 0 fully saturated rings. The third-order valence-electron chi connectivity index (χ3n) is 4.09. The van der Waals surface area contributed by atoms with Crippen LogP contribution in [-0.2, 0) is 14.3 Å². The van der Waals surface area contributed by atoms with Crippen molar-refractivity contribution in [2.45, 2.75) is 19.9 Å². The summed E-state index contributed by atoms with van der Waals surface area (Å²) in [6.45, 7) is 4.19. The van der Waals surface area contributed by atoms with Crippen molar-refractivity contribution in [3.05, 3.63) is 51.2 Å². The summed E-state index contributed by atoms with van der Waals surface area (Å²) in [5, 5.41) is 13.6. The van der Waals surface area contributed by atoms with Crippen LogP contribution in [0.4, 0.5) is 10.5 Å². The first kappa shape index (κ1) is 19.4. The molecule has 26 heavy (non-hydrogen) atoms. The number of carbonyl (C=O) groups excluding carboxylic acids is 2. The van der Waals surface area contributed by atoms with E-state index in [4.69, 9.17) is 9.47 Å². The molecule has 1 atom stereocenters. The molecule has 0 spiro atoms. The molecule has 1 aromatic rings. The Labute approximate surface area is 150 Å². The van der Waals surface area contributed by atoms with E-state index in [0.717, 1.165) is 0 Å². The predicted molar refractivity (Wildman–Crippen MR) is 92.3 cm³/mol. The van der Waals surface area contributed by atoms with E-state index in [0.29, 0.717) is 17.8 Å². The van der Waals surface area contributed by atoms with Gasteiger partial charge in [-0.1, -0.05) is 0 Å². The average molecular weight is 363 g/mol. The van der Waals surface area contributed by atoms with E-state index in [2.05, 4.69) is 5.32 Å². The molecule has 2 rings (SSSR count). The highest BCUT2D eigenvalue weighted by molar-refractivity contribution is 5.95. The zero-order valence-corrected chi connectivity index (χ0v) is 14.9. The summed E-state index contributed by atoms with van der Waals surface area (Å²) in [6.07, 6.45) is 0. The van der Waals surface area contributed by atoms with Gasteiger partial charge in [0.2, 0.25) is 0 Å². The maximum Gasteiger partial charge on any atom is 0.338 e. The molecular weight excluding hydrogens is 342 g/mol. The maximum atomic E-state index is 12.6. The highest BCUT2D eigenvalue weighted by atomic mass is 16.6. The van der Waals surface area contributed by atoms with E-state index in [9.17, 15) is 19.7 Å². The molecule has 1 aliphatic rings. The van der Waals surface area contributed by atoms with E-state index in [-0.39, 0.29) is 30.5 Å². The van der Waals surface area contributed by atoms with Crippen molar-refractivity contribution in [1.82, 2.24) is 10.2 Å². The molecule has 0 saturated carbocycles. The van der Waals surface area contributed by atoms with E-state index >= 15 is 0 Å². The Balaban J connectivity index is 2.40. The molecule has 0 aromatic heterocycles. The number of benzene rings is 1. The quantitative estimate of drug-likeness (QED) is 0.344. The Morgan fingerprint density at radius 2 is 1.96 bits per heavy atom. The first-order valence-electron chi connectivity index (χ1n) is 8.09. The van der Waals surface area contributed by atoms with Crippen LogP contribution >= 0.6 is 0 Å². The molecule has 1 aliphatic heterocycles. The highest BCUT2D eigenvalue weighted by Crippen LogP contribution is 2.32. The first-order chi connectivity index (χ1) is 12.4. The molecule has 1 N–H and O–H groups in total. The molecule has 9 nitrogen and oxygen atoms in total. The van der Waals surface area contributed by atoms with Gasteiger partial charge in [0.15, 0.2) is 0 Å². The van der Waals surface area contributed by atoms with E-state index in [1.807, 2.05) is 0 Å². The van der Waals surface area contributed by atoms with Crippen LogP contribution in [0.3, 0.4) is 0 Å². The number of allylic oxidation sites excluding steroid dienone is 1. The normalized spacial score (nSPS) is 17.1. The molecular formula is C17H21N3O6. The summed E-state index contributed by atoms with van der Waals surface area (Å²) in [7, 11) is 1.50. The van der Waals surface area contributed by atoms with Gasteiger partial charge in [-0.25, -0.2) is 9.59 Å². The molecule has 0 aliphatic carbocycles. The topological polar surface area (TPSA) is 111 Å². The second-order valence-electron chi connectivity index (χ2n) is 5.60. The molecule has 0 unspecified atom stereocenters. The van der Waals surface area contributed by atoms with Crippen LogP contribution in [0.25, 0.3) is 0 Å². The van der Waals surface area contributed by atoms with Gasteiger partial charge in [-0.15, -0.1) is 0 Å². The van der Waals surface area contributed by atoms with Crippen molar-refractivity contribution in [1.29, 1.82) is 0 Å². The lowest BCUT2D eigenvalue weighted by Crippen LogP contribution is -2.47. The number of nitrogens with one attached hydrogen (secondary N) is 1. The number of nitro groups is 1. The lowest BCUT2D eigenvalue weighted by Gasteiger charge is -2.34. The summed E-state index contributed by atoms with van der Waals surface area (Å²) < 4.78 is 10.1. The van der Waals surface area contributed by atoms with Gasteiger partial charge >= 0.3 is 12.0 Å². The molecule has 0 bridgehead atoms. The first-order valence-corrected chi connectivity index (χ1v) is 8.09. The smallest absolute Gasteiger partial charge is 0.338 e. The SMILES string of the molecule is CCN1C(=O)N[C@H](c2ccc([N+](=O)[O-])cc2)C(C(=O)OCCOC)=C1C. The number of esters is 1. The van der Waals surface area contributed by atoms with E-state index in [1.54, 1.807) is 13.8 Å². The fraction of sp³-hybridized carbons (Fsp3) is 0.412. The van der Waals surface area contributed by atoms with Crippen LogP contribution in [0.2, 0.25) is 0 Å². The van der Waals surface area contributed by atoms with Crippen LogP contribution < -0.4 is 5.32 Å². The number of non-ortho nitro benzene ring substituents is 1. The fourth-order valence-electron chi connectivity index (χ4n) is 2.76. The average Bonchev–Trinajstić information content (AvgIpc) is 2.61. The summed E-state index contributed by atoms with van der Waals surface area (Å²) in [5.74, 6) is -0.568. The van der Waals surface area contributed by atoms with Gasteiger partial charge in [-0.2, -0.15) is 0 Å². The van der Waals surface area contributed by atoms with Crippen molar-refractivity contribution >= 4 is 17.7 Å². The molecule has 140 valence electrons. The Bertz CT molecular complexity index is 729. The Kier molecular flexibility index (Phi) is 6.29. The Hall–Kier alpha value is -2.94. The fourth-order valence-corrected chi connectivity index (χ4v) is 2.76. The van der Waals surface area contributed by atoms with Crippen LogP contribution in [0, 0.1) is 10.1 Å². The van der Waals surface area contributed by atoms with E-state index < -0.39 is 16.9 Å².